The molecule has 1 aliphatic rings. The number of hydrogen-bond donors (Lipinski definition) is 3. The minimum atomic E-state index is -4.44. The molecule has 0 aliphatic carbocycles. The van der Waals surface area contributed by atoms with Gasteiger partial charge in [-0.25, -0.2) is 9.59 Å². The smallest absolute Gasteiger partial charge is 0.416 e. The van der Waals surface area contributed by atoms with E-state index in [0.29, 0.717) is 50.4 Å². The molecule has 3 amide bonds. The molecule has 1 aromatic heterocycles. The largest absolute Gasteiger partial charge is 0.465 e. The van der Waals surface area contributed by atoms with Gasteiger partial charge in [0.1, 0.15) is 0 Å². The summed E-state index contributed by atoms with van der Waals surface area (Å²) < 4.78 is 45.8. The number of rotatable bonds is 11. The predicted molar refractivity (Wildman–Crippen MR) is 151 cm³/mol. The van der Waals surface area contributed by atoms with Crippen LogP contribution in [-0.4, -0.2) is 93.0 Å². The Morgan fingerprint density at radius 1 is 1.12 bits per heavy atom. The Balaban J connectivity index is 1.82. The molecule has 1 saturated heterocycles. The lowest BCUT2D eigenvalue weighted by molar-refractivity contribution is -0.137. The number of hydrogen-bond acceptors (Lipinski definition) is 5. The highest BCUT2D eigenvalue weighted by molar-refractivity contribution is 5.74. The minimum Gasteiger partial charge on any atom is -0.465 e. The number of urea groups is 1. The van der Waals surface area contributed by atoms with Crippen LogP contribution in [0.25, 0.3) is 11.3 Å². The molecule has 1 unspecified atom stereocenters. The van der Waals surface area contributed by atoms with Crippen molar-refractivity contribution in [1.82, 2.24) is 24.9 Å². The van der Waals surface area contributed by atoms with Gasteiger partial charge in [-0.2, -0.15) is 18.3 Å². The molecule has 1 aliphatic heterocycles. The van der Waals surface area contributed by atoms with E-state index >= 15 is 0 Å². The van der Waals surface area contributed by atoms with Crippen molar-refractivity contribution in [3.05, 3.63) is 42.1 Å². The Bertz CT molecular complexity index is 1160. The van der Waals surface area contributed by atoms with Gasteiger partial charge >= 0.3 is 18.3 Å². The van der Waals surface area contributed by atoms with Gasteiger partial charge in [-0.1, -0.05) is 52.7 Å². The third kappa shape index (κ3) is 8.84. The van der Waals surface area contributed by atoms with Crippen LogP contribution >= 0.6 is 0 Å². The van der Waals surface area contributed by atoms with Crippen molar-refractivity contribution >= 4 is 12.1 Å². The molecule has 2 aromatic rings. The number of aliphatic hydroxyl groups is 1. The number of aromatic nitrogens is 2. The summed E-state index contributed by atoms with van der Waals surface area (Å²) in [6.07, 6.45) is -3.31. The van der Waals surface area contributed by atoms with Gasteiger partial charge in [0.25, 0.3) is 0 Å². The zero-order valence-corrected chi connectivity index (χ0v) is 24.6. The van der Waals surface area contributed by atoms with Gasteiger partial charge in [-0.3, -0.25) is 9.58 Å². The molecule has 2 heterocycles. The van der Waals surface area contributed by atoms with Crippen LogP contribution in [0.5, 0.6) is 0 Å². The molecule has 1 fully saturated rings. The van der Waals surface area contributed by atoms with Crippen molar-refractivity contribution in [2.45, 2.75) is 77.9 Å². The van der Waals surface area contributed by atoms with Crippen molar-refractivity contribution in [3.8, 4) is 11.3 Å². The first kappa shape index (κ1) is 33.2. The third-order valence-corrected chi connectivity index (χ3v) is 7.48. The Labute approximate surface area is 244 Å². The molecule has 3 rings (SSSR count). The number of unbranched alkanes of at least 4 members (excludes halogenated alkanes) is 1. The number of halogens is 3. The highest BCUT2D eigenvalue weighted by Gasteiger charge is 2.41. The Morgan fingerprint density at radius 2 is 1.76 bits per heavy atom. The number of benzene rings is 1. The van der Waals surface area contributed by atoms with Gasteiger partial charge in [0, 0.05) is 31.4 Å². The average molecular weight is 598 g/mol. The van der Waals surface area contributed by atoms with Gasteiger partial charge in [0.2, 0.25) is 0 Å². The molecule has 3 N–H and O–H groups in total. The van der Waals surface area contributed by atoms with Gasteiger partial charge in [-0.05, 0) is 30.0 Å². The van der Waals surface area contributed by atoms with E-state index in [2.05, 4.69) is 10.4 Å². The maximum atomic E-state index is 13.0. The van der Waals surface area contributed by atoms with Crippen molar-refractivity contribution < 1.29 is 37.7 Å². The highest BCUT2D eigenvalue weighted by Crippen LogP contribution is 2.32. The predicted octanol–water partition coefficient (Wildman–Crippen LogP) is 4.93. The van der Waals surface area contributed by atoms with Gasteiger partial charge in [0.15, 0.2) is 0 Å². The van der Waals surface area contributed by atoms with Crippen molar-refractivity contribution in [2.24, 2.45) is 5.41 Å². The van der Waals surface area contributed by atoms with Crippen LogP contribution in [0.2, 0.25) is 0 Å². The summed E-state index contributed by atoms with van der Waals surface area (Å²) >= 11 is 0. The molecule has 1 aromatic carbocycles. The molecular formula is C29H42F3N5O5. The number of amides is 3. The van der Waals surface area contributed by atoms with Crippen LogP contribution < -0.4 is 5.32 Å². The van der Waals surface area contributed by atoms with E-state index in [1.54, 1.807) is 21.8 Å². The first-order valence-electron chi connectivity index (χ1n) is 14.2. The van der Waals surface area contributed by atoms with Crippen LogP contribution in [0.3, 0.4) is 0 Å². The number of carbonyl (C=O) groups is 2. The van der Waals surface area contributed by atoms with E-state index in [0.717, 1.165) is 18.6 Å². The normalized spacial score (nSPS) is 16.5. The minimum absolute atomic E-state index is 0.120. The molecule has 3 atom stereocenters. The maximum absolute atomic E-state index is 13.0. The molecule has 0 saturated carbocycles. The van der Waals surface area contributed by atoms with Crippen molar-refractivity contribution in [3.63, 3.8) is 0 Å². The van der Waals surface area contributed by atoms with Gasteiger partial charge in [0.05, 0.1) is 49.2 Å². The van der Waals surface area contributed by atoms with E-state index in [1.807, 2.05) is 27.7 Å². The van der Waals surface area contributed by atoms with Crippen LogP contribution in [0.4, 0.5) is 22.8 Å². The zero-order chi connectivity index (χ0) is 31.1. The Hall–Kier alpha value is -3.32. The highest BCUT2D eigenvalue weighted by atomic mass is 19.4. The first-order chi connectivity index (χ1) is 19.7. The van der Waals surface area contributed by atoms with Crippen molar-refractivity contribution in [1.29, 1.82) is 0 Å². The summed E-state index contributed by atoms with van der Waals surface area (Å²) in [6.45, 7) is 9.44. The summed E-state index contributed by atoms with van der Waals surface area (Å²) in [6, 6.07) is 4.58. The second kappa shape index (κ2) is 14.2. The topological polar surface area (TPSA) is 120 Å². The summed E-state index contributed by atoms with van der Waals surface area (Å²) in [4.78, 5) is 28.3. The number of carbonyl (C=O) groups excluding carboxylic acids is 1. The number of nitrogens with zero attached hydrogens (tertiary/aromatic N) is 4. The lowest BCUT2D eigenvalue weighted by atomic mass is 9.84. The molecule has 0 spiro atoms. The standard InChI is InChI=1S/C29H42F3N5O5/c1-5-6-7-23(24(38)18-33-26(39)35-14-16-42-17-15-35)37(27(40)41)25(28(2,3)4)19-36-13-12-22(34-36)20-8-10-21(11-9-20)29(30,31)32/h8-13,23-25,38H,5-7,14-19H2,1-4H3,(H,33,39)(H,40,41)/t23-,24-,25?/m0/s1. The number of ether oxygens (including phenoxy) is 1. The zero-order valence-electron chi connectivity index (χ0n) is 24.6. The number of morpholine rings is 1. The van der Waals surface area contributed by atoms with Crippen LogP contribution in [0.15, 0.2) is 36.5 Å². The molecule has 0 bridgehead atoms. The number of nitrogens with one attached hydrogen (secondary N) is 1. The molecular weight excluding hydrogens is 555 g/mol. The average Bonchev–Trinajstić information content (AvgIpc) is 3.41. The second-order valence-electron chi connectivity index (χ2n) is 11.6. The third-order valence-electron chi connectivity index (χ3n) is 7.48. The van der Waals surface area contributed by atoms with Crippen molar-refractivity contribution in [2.75, 3.05) is 32.8 Å². The summed E-state index contributed by atoms with van der Waals surface area (Å²) in [5.74, 6) is 0. The molecule has 234 valence electrons. The number of aliphatic hydroxyl groups excluding tert-OH is 1. The quantitative estimate of drug-likeness (QED) is 0.338. The summed E-state index contributed by atoms with van der Waals surface area (Å²) in [5.41, 5.74) is -0.392. The summed E-state index contributed by atoms with van der Waals surface area (Å²) in [5, 5.41) is 29.0. The molecule has 0 radical (unpaired) electrons. The Morgan fingerprint density at radius 3 is 2.31 bits per heavy atom. The fraction of sp³-hybridized carbons (Fsp3) is 0.621. The lowest BCUT2D eigenvalue weighted by Gasteiger charge is -2.44. The van der Waals surface area contributed by atoms with Crippen LogP contribution in [0, 0.1) is 5.41 Å². The van der Waals surface area contributed by atoms with Gasteiger partial charge in [-0.15, -0.1) is 0 Å². The first-order valence-corrected chi connectivity index (χ1v) is 14.2. The van der Waals surface area contributed by atoms with Crippen LogP contribution in [-0.2, 0) is 17.5 Å². The van der Waals surface area contributed by atoms with E-state index in [-0.39, 0.29) is 19.1 Å². The SMILES string of the molecule is CCCC[C@@H]([C@@H](O)CNC(=O)N1CCOCC1)N(C(=O)O)C(Cn1ccc(-c2ccc(C(F)(F)F)cc2)n1)C(C)(C)C. The monoisotopic (exact) mass is 597 g/mol. The molecule has 10 nitrogen and oxygen atoms in total. The maximum Gasteiger partial charge on any atom is 0.416 e. The van der Waals surface area contributed by atoms with E-state index in [1.165, 1.54) is 17.0 Å². The van der Waals surface area contributed by atoms with E-state index in [9.17, 15) is 33.0 Å². The number of carboxylic acid groups (broad SMARTS) is 1. The van der Waals surface area contributed by atoms with E-state index < -0.39 is 41.4 Å². The molecule has 42 heavy (non-hydrogen) atoms. The summed E-state index contributed by atoms with van der Waals surface area (Å²) in [7, 11) is 0. The Kier molecular flexibility index (Phi) is 11.2. The van der Waals surface area contributed by atoms with Crippen LogP contribution in [0.1, 0.15) is 52.5 Å². The number of alkyl halides is 3. The van der Waals surface area contributed by atoms with E-state index in [4.69, 9.17) is 4.74 Å². The fourth-order valence-electron chi connectivity index (χ4n) is 5.05. The lowest BCUT2D eigenvalue weighted by Crippen LogP contribution is -2.59. The fourth-order valence-corrected chi connectivity index (χ4v) is 5.05. The second-order valence-corrected chi connectivity index (χ2v) is 11.6. The molecule has 13 heteroatoms. The van der Waals surface area contributed by atoms with Gasteiger partial charge < -0.3 is 25.2 Å².